The number of methoxy groups -OCH3 is 1. The number of likely N-dealkylation sites (N-methyl/N-ethyl adjacent to an activating group) is 1. The number of esters is 1. The number of carbonyl (C=O) groups is 3. The molecule has 0 unspecified atom stereocenters. The standard InChI is InChI=1S/C27H41N5O5/c1-8-31-20(17-30-14-15-32(18(3)16-30)26(35)29-27(4,5)6)22(24(33)37-9-2)23(28-25(31)34)19-12-10-11-13-21(19)36-7/h10-13,18,23H,8-9,14-17H2,1-7H3,(H,28,34)(H,29,35)/t18-,23+/m0/s1. The van der Waals surface area contributed by atoms with Crippen LogP contribution in [-0.2, 0) is 9.53 Å². The van der Waals surface area contributed by atoms with Crippen LogP contribution >= 0.6 is 0 Å². The van der Waals surface area contributed by atoms with Gasteiger partial charge in [0.2, 0.25) is 0 Å². The monoisotopic (exact) mass is 515 g/mol. The van der Waals surface area contributed by atoms with Gasteiger partial charge in [0.25, 0.3) is 0 Å². The third-order valence-electron chi connectivity index (χ3n) is 6.53. The number of ether oxygens (including phenoxy) is 2. The molecule has 1 fully saturated rings. The van der Waals surface area contributed by atoms with Gasteiger partial charge in [-0.3, -0.25) is 9.80 Å². The van der Waals surface area contributed by atoms with E-state index in [0.717, 1.165) is 0 Å². The van der Waals surface area contributed by atoms with E-state index in [-0.39, 0.29) is 30.2 Å². The third kappa shape index (κ3) is 6.54. The number of carbonyl (C=O) groups excluding carboxylic acids is 3. The van der Waals surface area contributed by atoms with Crippen molar-refractivity contribution in [3.8, 4) is 5.75 Å². The molecule has 3 rings (SSSR count). The maximum atomic E-state index is 13.4. The van der Waals surface area contributed by atoms with E-state index >= 15 is 0 Å². The summed E-state index contributed by atoms with van der Waals surface area (Å²) in [4.78, 5) is 45.0. The van der Waals surface area contributed by atoms with Gasteiger partial charge in [0, 0.05) is 55.6 Å². The van der Waals surface area contributed by atoms with Crippen LogP contribution in [0.4, 0.5) is 9.59 Å². The number of nitrogens with zero attached hydrogens (tertiary/aromatic N) is 3. The predicted molar refractivity (Wildman–Crippen MR) is 141 cm³/mol. The molecule has 2 aliphatic heterocycles. The fourth-order valence-electron chi connectivity index (χ4n) is 4.88. The highest BCUT2D eigenvalue weighted by molar-refractivity contribution is 5.95. The van der Waals surface area contributed by atoms with E-state index in [9.17, 15) is 14.4 Å². The molecular weight excluding hydrogens is 474 g/mol. The van der Waals surface area contributed by atoms with Crippen molar-refractivity contribution >= 4 is 18.0 Å². The molecule has 10 heteroatoms. The largest absolute Gasteiger partial charge is 0.496 e. The van der Waals surface area contributed by atoms with Crippen molar-refractivity contribution in [1.29, 1.82) is 0 Å². The number of para-hydroxylation sites is 1. The second-order valence-corrected chi connectivity index (χ2v) is 10.4. The molecule has 2 atom stereocenters. The zero-order valence-corrected chi connectivity index (χ0v) is 23.1. The van der Waals surface area contributed by atoms with Crippen molar-refractivity contribution in [1.82, 2.24) is 25.3 Å². The van der Waals surface area contributed by atoms with E-state index in [0.29, 0.717) is 55.3 Å². The lowest BCUT2D eigenvalue weighted by molar-refractivity contribution is -0.139. The normalized spacial score (nSPS) is 21.0. The fraction of sp³-hybridized carbons (Fsp3) is 0.593. The molecule has 4 amide bonds. The summed E-state index contributed by atoms with van der Waals surface area (Å²) >= 11 is 0. The molecule has 0 radical (unpaired) electrons. The molecule has 1 saturated heterocycles. The molecule has 2 N–H and O–H groups in total. The first kappa shape index (κ1) is 28.3. The smallest absolute Gasteiger partial charge is 0.338 e. The molecule has 10 nitrogen and oxygen atoms in total. The summed E-state index contributed by atoms with van der Waals surface area (Å²) in [6.07, 6.45) is 0. The van der Waals surface area contributed by atoms with Gasteiger partial charge in [-0.1, -0.05) is 18.2 Å². The van der Waals surface area contributed by atoms with Crippen LogP contribution in [0.1, 0.15) is 53.1 Å². The van der Waals surface area contributed by atoms with Gasteiger partial charge in [0.15, 0.2) is 0 Å². The van der Waals surface area contributed by atoms with E-state index in [1.54, 1.807) is 25.0 Å². The van der Waals surface area contributed by atoms with Gasteiger partial charge in [0.1, 0.15) is 5.75 Å². The number of amides is 4. The zero-order chi connectivity index (χ0) is 27.3. The number of piperazine rings is 1. The van der Waals surface area contributed by atoms with Crippen molar-refractivity contribution in [3.05, 3.63) is 41.1 Å². The van der Waals surface area contributed by atoms with Crippen molar-refractivity contribution < 1.29 is 23.9 Å². The van der Waals surface area contributed by atoms with E-state index < -0.39 is 12.0 Å². The van der Waals surface area contributed by atoms with Crippen LogP contribution in [0.2, 0.25) is 0 Å². The zero-order valence-electron chi connectivity index (χ0n) is 23.1. The first-order valence-electron chi connectivity index (χ1n) is 12.9. The molecule has 204 valence electrons. The number of rotatable bonds is 7. The van der Waals surface area contributed by atoms with E-state index in [4.69, 9.17) is 9.47 Å². The fourth-order valence-corrected chi connectivity index (χ4v) is 4.88. The molecular formula is C27H41N5O5. The Morgan fingerprint density at radius 2 is 1.86 bits per heavy atom. The maximum absolute atomic E-state index is 13.4. The van der Waals surface area contributed by atoms with Gasteiger partial charge in [-0.05, 0) is 47.6 Å². The topological polar surface area (TPSA) is 103 Å². The van der Waals surface area contributed by atoms with Gasteiger partial charge in [-0.15, -0.1) is 0 Å². The highest BCUT2D eigenvalue weighted by Gasteiger charge is 2.40. The number of benzene rings is 1. The Bertz CT molecular complexity index is 1030. The Labute approximate surface area is 219 Å². The van der Waals surface area contributed by atoms with Gasteiger partial charge in [-0.25, -0.2) is 14.4 Å². The van der Waals surface area contributed by atoms with Gasteiger partial charge >= 0.3 is 18.0 Å². The van der Waals surface area contributed by atoms with E-state index in [1.165, 1.54) is 0 Å². The van der Waals surface area contributed by atoms with Gasteiger partial charge in [0.05, 0.1) is 25.3 Å². The lowest BCUT2D eigenvalue weighted by Crippen LogP contribution is -2.59. The summed E-state index contributed by atoms with van der Waals surface area (Å²) in [6.45, 7) is 14.3. The number of hydrogen-bond donors (Lipinski definition) is 2. The lowest BCUT2D eigenvalue weighted by atomic mass is 9.93. The van der Waals surface area contributed by atoms with Crippen LogP contribution in [0.5, 0.6) is 5.75 Å². The minimum atomic E-state index is -0.711. The molecule has 1 aromatic rings. The predicted octanol–water partition coefficient (Wildman–Crippen LogP) is 3.11. The number of urea groups is 2. The molecule has 0 saturated carbocycles. The Balaban J connectivity index is 1.96. The summed E-state index contributed by atoms with van der Waals surface area (Å²) in [5, 5.41) is 6.02. The maximum Gasteiger partial charge on any atom is 0.338 e. The summed E-state index contributed by atoms with van der Waals surface area (Å²) in [6, 6.07) is 6.22. The first-order valence-corrected chi connectivity index (χ1v) is 12.9. The quantitative estimate of drug-likeness (QED) is 0.541. The summed E-state index contributed by atoms with van der Waals surface area (Å²) in [5.74, 6) is 0.106. The second kappa shape index (κ2) is 11.9. The highest BCUT2D eigenvalue weighted by atomic mass is 16.5. The Hall–Kier alpha value is -3.27. The minimum absolute atomic E-state index is 0.0414. The van der Waals surface area contributed by atoms with Crippen molar-refractivity contribution in [3.63, 3.8) is 0 Å². The highest BCUT2D eigenvalue weighted by Crippen LogP contribution is 2.36. The Morgan fingerprint density at radius 1 is 1.16 bits per heavy atom. The SMILES string of the molecule is CCOC(=O)C1=C(CN2CCN(C(=O)NC(C)(C)C)[C@@H](C)C2)N(CC)C(=O)N[C@@H]1c1ccccc1OC. The van der Waals surface area contributed by atoms with Gasteiger partial charge < -0.3 is 25.0 Å². The minimum Gasteiger partial charge on any atom is -0.496 e. The molecule has 2 heterocycles. The van der Waals surface area contributed by atoms with Crippen LogP contribution in [0.25, 0.3) is 0 Å². The molecule has 0 bridgehead atoms. The Morgan fingerprint density at radius 3 is 2.46 bits per heavy atom. The molecule has 0 aliphatic carbocycles. The van der Waals surface area contributed by atoms with Crippen molar-refractivity contribution in [2.45, 2.75) is 59.2 Å². The lowest BCUT2D eigenvalue weighted by Gasteiger charge is -2.43. The van der Waals surface area contributed by atoms with Crippen LogP contribution in [-0.4, -0.2) is 90.8 Å². The van der Waals surface area contributed by atoms with Gasteiger partial charge in [-0.2, -0.15) is 0 Å². The summed E-state index contributed by atoms with van der Waals surface area (Å²) in [7, 11) is 1.56. The number of nitrogens with one attached hydrogen (secondary N) is 2. The molecule has 37 heavy (non-hydrogen) atoms. The Kier molecular flexibility index (Phi) is 9.07. The second-order valence-electron chi connectivity index (χ2n) is 10.4. The van der Waals surface area contributed by atoms with Crippen LogP contribution in [0.15, 0.2) is 35.5 Å². The van der Waals surface area contributed by atoms with E-state index in [2.05, 4.69) is 15.5 Å². The summed E-state index contributed by atoms with van der Waals surface area (Å²) in [5.41, 5.74) is 1.37. The van der Waals surface area contributed by atoms with Crippen LogP contribution in [0, 0.1) is 0 Å². The molecule has 0 spiro atoms. The average molecular weight is 516 g/mol. The molecule has 0 aromatic heterocycles. The molecule has 2 aliphatic rings. The average Bonchev–Trinajstić information content (AvgIpc) is 2.82. The van der Waals surface area contributed by atoms with Crippen molar-refractivity contribution in [2.24, 2.45) is 0 Å². The van der Waals surface area contributed by atoms with Crippen LogP contribution < -0.4 is 15.4 Å². The third-order valence-corrected chi connectivity index (χ3v) is 6.53. The van der Waals surface area contributed by atoms with Crippen LogP contribution in [0.3, 0.4) is 0 Å². The summed E-state index contributed by atoms with van der Waals surface area (Å²) < 4.78 is 11.0. The first-order chi connectivity index (χ1) is 17.5. The number of hydrogen-bond acceptors (Lipinski definition) is 6. The van der Waals surface area contributed by atoms with Crippen molar-refractivity contribution in [2.75, 3.05) is 46.4 Å². The van der Waals surface area contributed by atoms with E-state index in [1.807, 2.05) is 57.7 Å². The molecule has 1 aromatic carbocycles.